The topological polar surface area (TPSA) is 29.3 Å². The summed E-state index contributed by atoms with van der Waals surface area (Å²) in [6.07, 6.45) is 3.39. The van der Waals surface area contributed by atoms with Crippen LogP contribution in [0.1, 0.15) is 24.5 Å². The van der Waals surface area contributed by atoms with E-state index in [4.69, 9.17) is 5.73 Å². The van der Waals surface area contributed by atoms with Crippen LogP contribution < -0.4 is 5.73 Å². The predicted octanol–water partition coefficient (Wildman–Crippen LogP) is 2.57. The predicted molar refractivity (Wildman–Crippen MR) is 86.3 cm³/mol. The molecule has 0 aliphatic heterocycles. The molecule has 19 heavy (non-hydrogen) atoms. The highest BCUT2D eigenvalue weighted by molar-refractivity contribution is 7.98. The van der Waals surface area contributed by atoms with Gasteiger partial charge in [0.05, 0.1) is 6.54 Å². The molecule has 0 amide bonds. The van der Waals surface area contributed by atoms with Gasteiger partial charge in [0, 0.05) is 18.2 Å². The second-order valence-corrected chi connectivity index (χ2v) is 5.74. The molecule has 0 aliphatic rings. The van der Waals surface area contributed by atoms with Crippen molar-refractivity contribution in [2.75, 3.05) is 25.6 Å². The lowest BCUT2D eigenvalue weighted by Crippen LogP contribution is -2.29. The van der Waals surface area contributed by atoms with Crippen molar-refractivity contribution < 1.29 is 0 Å². The maximum absolute atomic E-state index is 5.40. The molecule has 0 fully saturated rings. The van der Waals surface area contributed by atoms with Crippen LogP contribution in [0.15, 0.2) is 24.3 Å². The van der Waals surface area contributed by atoms with E-state index in [0.29, 0.717) is 12.6 Å². The quantitative estimate of drug-likeness (QED) is 0.810. The summed E-state index contributed by atoms with van der Waals surface area (Å²) in [6, 6.07) is 9.01. The summed E-state index contributed by atoms with van der Waals surface area (Å²) in [5.41, 5.74) is 7.75. The van der Waals surface area contributed by atoms with Crippen LogP contribution in [-0.2, 0) is 6.54 Å². The van der Waals surface area contributed by atoms with Crippen molar-refractivity contribution in [3.05, 3.63) is 35.4 Å². The van der Waals surface area contributed by atoms with Gasteiger partial charge in [-0.25, -0.2) is 0 Å². The lowest BCUT2D eigenvalue weighted by atomic mass is 10.1. The van der Waals surface area contributed by atoms with E-state index in [2.05, 4.69) is 55.2 Å². The zero-order valence-electron chi connectivity index (χ0n) is 12.1. The van der Waals surface area contributed by atoms with E-state index < -0.39 is 0 Å². The van der Waals surface area contributed by atoms with E-state index in [-0.39, 0.29) is 0 Å². The number of benzene rings is 1. The van der Waals surface area contributed by atoms with Crippen LogP contribution in [-0.4, -0.2) is 36.5 Å². The molecule has 1 unspecified atom stereocenters. The van der Waals surface area contributed by atoms with Gasteiger partial charge in [0.2, 0.25) is 0 Å². The Morgan fingerprint density at radius 3 is 2.89 bits per heavy atom. The van der Waals surface area contributed by atoms with Gasteiger partial charge >= 0.3 is 0 Å². The van der Waals surface area contributed by atoms with E-state index in [1.165, 1.54) is 17.7 Å². The van der Waals surface area contributed by atoms with Crippen molar-refractivity contribution in [2.45, 2.75) is 25.9 Å². The molecule has 2 nitrogen and oxygen atoms in total. The minimum atomic E-state index is 0.413. The maximum atomic E-state index is 5.40. The highest BCUT2D eigenvalue weighted by Crippen LogP contribution is 2.12. The van der Waals surface area contributed by atoms with Gasteiger partial charge < -0.3 is 5.73 Å². The lowest BCUT2D eigenvalue weighted by molar-refractivity contribution is 0.245. The molecule has 1 atom stereocenters. The molecule has 0 aromatic heterocycles. The molecule has 0 saturated carbocycles. The van der Waals surface area contributed by atoms with Crippen molar-refractivity contribution in [2.24, 2.45) is 5.73 Å². The molecule has 2 N–H and O–H groups in total. The Balaban J connectivity index is 2.61. The first-order valence-corrected chi connectivity index (χ1v) is 8.03. The van der Waals surface area contributed by atoms with Gasteiger partial charge in [0.25, 0.3) is 0 Å². The van der Waals surface area contributed by atoms with Crippen LogP contribution in [0.25, 0.3) is 0 Å². The van der Waals surface area contributed by atoms with Gasteiger partial charge in [-0.15, -0.1) is 0 Å². The van der Waals surface area contributed by atoms with Crippen molar-refractivity contribution in [3.8, 4) is 11.8 Å². The molecule has 104 valence electrons. The second kappa shape index (κ2) is 9.03. The first-order valence-electron chi connectivity index (χ1n) is 6.64. The van der Waals surface area contributed by atoms with E-state index in [1.54, 1.807) is 0 Å². The summed E-state index contributed by atoms with van der Waals surface area (Å²) < 4.78 is 0. The SMILES string of the molecule is CSCCC(C)N(C)Cc1cccc(C#CCN)c1. The molecule has 0 bridgehead atoms. The molecule has 1 aromatic carbocycles. The molecule has 0 heterocycles. The monoisotopic (exact) mass is 276 g/mol. The van der Waals surface area contributed by atoms with Gasteiger partial charge in [-0.2, -0.15) is 11.8 Å². The molecule has 3 heteroatoms. The van der Waals surface area contributed by atoms with Crippen LogP contribution in [0.3, 0.4) is 0 Å². The molecule has 0 aliphatic carbocycles. The maximum Gasteiger partial charge on any atom is 0.0555 e. The molecule has 0 radical (unpaired) electrons. The fourth-order valence-electron chi connectivity index (χ4n) is 1.85. The number of nitrogens with two attached hydrogens (primary N) is 1. The highest BCUT2D eigenvalue weighted by atomic mass is 32.2. The standard InChI is InChI=1S/C16H24N2S/c1-14(9-11-19-3)18(2)13-16-7-4-6-15(12-16)8-5-10-17/h4,6-7,12,14H,9-11,13,17H2,1-3H3. The van der Waals surface area contributed by atoms with E-state index in [9.17, 15) is 0 Å². The summed E-state index contributed by atoms with van der Waals surface area (Å²) in [5.74, 6) is 7.20. The molecular weight excluding hydrogens is 252 g/mol. The Labute approximate surface area is 121 Å². The third-order valence-electron chi connectivity index (χ3n) is 3.19. The summed E-state index contributed by atoms with van der Waals surface area (Å²) >= 11 is 1.91. The zero-order chi connectivity index (χ0) is 14.1. The first-order chi connectivity index (χ1) is 9.17. The number of thioether (sulfide) groups is 1. The van der Waals surface area contributed by atoms with Gasteiger partial charge in [-0.05, 0) is 50.1 Å². The minimum Gasteiger partial charge on any atom is -0.320 e. The van der Waals surface area contributed by atoms with Crippen molar-refractivity contribution >= 4 is 11.8 Å². The Morgan fingerprint density at radius 1 is 1.42 bits per heavy atom. The van der Waals surface area contributed by atoms with E-state index in [1.807, 2.05) is 17.8 Å². The van der Waals surface area contributed by atoms with E-state index >= 15 is 0 Å². The van der Waals surface area contributed by atoms with Gasteiger partial charge in [-0.3, -0.25) is 4.90 Å². The molecule has 0 saturated heterocycles. The average molecular weight is 276 g/mol. The normalized spacial score (nSPS) is 12.1. The number of nitrogens with zero attached hydrogens (tertiary/aromatic N) is 1. The van der Waals surface area contributed by atoms with Gasteiger partial charge in [-0.1, -0.05) is 24.0 Å². The van der Waals surface area contributed by atoms with E-state index in [0.717, 1.165) is 12.1 Å². The number of rotatable bonds is 6. The Bertz CT molecular complexity index is 434. The van der Waals surface area contributed by atoms with Crippen LogP contribution >= 0.6 is 11.8 Å². The Kier molecular flexibility index (Phi) is 7.66. The van der Waals surface area contributed by atoms with Crippen molar-refractivity contribution in [1.82, 2.24) is 4.90 Å². The molecule has 0 spiro atoms. The summed E-state index contributed by atoms with van der Waals surface area (Å²) in [7, 11) is 2.18. The molecule has 1 rings (SSSR count). The summed E-state index contributed by atoms with van der Waals surface area (Å²) in [5, 5.41) is 0. The van der Waals surface area contributed by atoms with Gasteiger partial charge in [0.15, 0.2) is 0 Å². The van der Waals surface area contributed by atoms with Crippen LogP contribution in [0.5, 0.6) is 0 Å². The summed E-state index contributed by atoms with van der Waals surface area (Å²) in [4.78, 5) is 2.39. The van der Waals surface area contributed by atoms with Crippen molar-refractivity contribution in [1.29, 1.82) is 0 Å². The van der Waals surface area contributed by atoms with Crippen molar-refractivity contribution in [3.63, 3.8) is 0 Å². The average Bonchev–Trinajstić information content (AvgIpc) is 2.42. The smallest absolute Gasteiger partial charge is 0.0555 e. The molecular formula is C16H24N2S. The zero-order valence-corrected chi connectivity index (χ0v) is 13.0. The molecule has 1 aromatic rings. The number of hydrogen-bond acceptors (Lipinski definition) is 3. The Morgan fingerprint density at radius 2 is 2.21 bits per heavy atom. The Hall–Kier alpha value is -0.950. The fraction of sp³-hybridized carbons (Fsp3) is 0.500. The fourth-order valence-corrected chi connectivity index (χ4v) is 2.43. The lowest BCUT2D eigenvalue weighted by Gasteiger charge is -2.24. The van der Waals surface area contributed by atoms with Crippen LogP contribution in [0, 0.1) is 11.8 Å². The van der Waals surface area contributed by atoms with Crippen LogP contribution in [0.2, 0.25) is 0 Å². The second-order valence-electron chi connectivity index (χ2n) is 4.75. The highest BCUT2D eigenvalue weighted by Gasteiger charge is 2.09. The first kappa shape index (κ1) is 16.1. The van der Waals surface area contributed by atoms with Crippen LogP contribution in [0.4, 0.5) is 0 Å². The third kappa shape index (κ3) is 6.15. The summed E-state index contributed by atoms with van der Waals surface area (Å²) in [6.45, 7) is 3.66. The third-order valence-corrected chi connectivity index (χ3v) is 3.83. The van der Waals surface area contributed by atoms with Gasteiger partial charge in [0.1, 0.15) is 0 Å². The largest absolute Gasteiger partial charge is 0.320 e. The number of hydrogen-bond donors (Lipinski definition) is 1. The minimum absolute atomic E-state index is 0.413.